The first-order chi connectivity index (χ1) is 8.01. The molecular weight excluding hydrogens is 244 g/mol. The molecule has 0 aliphatic carbocycles. The Bertz CT molecular complexity index is 250. The molecule has 0 bridgehead atoms. The lowest BCUT2D eigenvalue weighted by Crippen LogP contribution is -2.69. The van der Waals surface area contributed by atoms with Gasteiger partial charge in [-0.1, -0.05) is 6.92 Å². The van der Waals surface area contributed by atoms with E-state index in [-0.39, 0.29) is 12.5 Å². The predicted octanol–water partition coefficient (Wildman–Crippen LogP) is -2.64. The minimum atomic E-state index is -1.31. The number of hydrogen-bond acceptors (Lipinski definition) is 5. The molecule has 17 heavy (non-hydrogen) atoms. The largest absolute Gasteiger partial charge is 0.548 e. The molecule has 0 aliphatic heterocycles. The average Bonchev–Trinajstić information content (AvgIpc) is 2.30. The molecule has 0 aromatic heterocycles. The number of carboxylic acids is 1. The molecular formula is C10H20N2O4S. The maximum atomic E-state index is 11.4. The van der Waals surface area contributed by atoms with E-state index < -0.39 is 18.6 Å². The van der Waals surface area contributed by atoms with Gasteiger partial charge in [0, 0.05) is 11.9 Å². The number of amides is 1. The Morgan fingerprint density at radius 1 is 1.53 bits per heavy atom. The van der Waals surface area contributed by atoms with Gasteiger partial charge in [-0.25, -0.2) is 0 Å². The third-order valence-corrected chi connectivity index (χ3v) is 3.85. The summed E-state index contributed by atoms with van der Waals surface area (Å²) in [6.45, 7) is 1.66. The van der Waals surface area contributed by atoms with E-state index in [1.54, 1.807) is 11.8 Å². The van der Waals surface area contributed by atoms with E-state index in [0.29, 0.717) is 17.4 Å². The van der Waals surface area contributed by atoms with Crippen LogP contribution in [0.15, 0.2) is 0 Å². The van der Waals surface area contributed by atoms with Gasteiger partial charge in [0.2, 0.25) is 0 Å². The summed E-state index contributed by atoms with van der Waals surface area (Å²) in [7, 11) is 0. The number of aliphatic carboxylic acids is 1. The molecule has 100 valence electrons. The van der Waals surface area contributed by atoms with E-state index in [2.05, 4.69) is 11.1 Å². The SMILES string of the molecule is CCC(CCO)SC[C@H]([NH3+])C(=O)NCC(=O)[O-]. The quantitative estimate of drug-likeness (QED) is 0.421. The van der Waals surface area contributed by atoms with Crippen molar-refractivity contribution in [1.82, 2.24) is 5.32 Å². The summed E-state index contributed by atoms with van der Waals surface area (Å²) in [6, 6.07) is -0.493. The number of quaternary nitrogens is 1. The van der Waals surface area contributed by atoms with Crippen LogP contribution in [0.3, 0.4) is 0 Å². The number of rotatable bonds is 9. The summed E-state index contributed by atoms with van der Waals surface area (Å²) in [5.74, 6) is -1.19. The first kappa shape index (κ1) is 16.2. The minimum Gasteiger partial charge on any atom is -0.548 e. The molecule has 0 aromatic rings. The lowest BCUT2D eigenvalue weighted by molar-refractivity contribution is -0.396. The highest BCUT2D eigenvalue weighted by Gasteiger charge is 2.18. The first-order valence-electron chi connectivity index (χ1n) is 5.54. The molecule has 0 aliphatic rings. The highest BCUT2D eigenvalue weighted by molar-refractivity contribution is 7.99. The maximum Gasteiger partial charge on any atom is 0.279 e. The Kier molecular flexibility index (Phi) is 8.83. The number of hydrogen-bond donors (Lipinski definition) is 3. The van der Waals surface area contributed by atoms with Gasteiger partial charge in [0.25, 0.3) is 5.91 Å². The summed E-state index contributed by atoms with van der Waals surface area (Å²) in [5, 5.41) is 21.5. The Hall–Kier alpha value is -0.790. The van der Waals surface area contributed by atoms with E-state index in [9.17, 15) is 14.7 Å². The molecule has 2 atom stereocenters. The summed E-state index contributed by atoms with van der Waals surface area (Å²) in [5.41, 5.74) is 3.67. The number of carbonyl (C=O) groups excluding carboxylic acids is 2. The second-order valence-electron chi connectivity index (χ2n) is 3.66. The highest BCUT2D eigenvalue weighted by Crippen LogP contribution is 2.17. The molecule has 0 heterocycles. The fourth-order valence-corrected chi connectivity index (χ4v) is 2.34. The number of carboxylic acid groups (broad SMARTS) is 1. The number of aliphatic hydroxyl groups is 1. The Labute approximate surface area is 105 Å². The van der Waals surface area contributed by atoms with E-state index in [0.717, 1.165) is 6.42 Å². The zero-order chi connectivity index (χ0) is 13.3. The average molecular weight is 264 g/mol. The van der Waals surface area contributed by atoms with E-state index in [1.807, 2.05) is 6.92 Å². The second kappa shape index (κ2) is 9.26. The van der Waals surface area contributed by atoms with Gasteiger partial charge in [-0.15, -0.1) is 0 Å². The van der Waals surface area contributed by atoms with Crippen molar-refractivity contribution in [3.05, 3.63) is 0 Å². The molecule has 5 N–H and O–H groups in total. The van der Waals surface area contributed by atoms with E-state index in [1.165, 1.54) is 0 Å². The van der Waals surface area contributed by atoms with Crippen LogP contribution in [-0.4, -0.2) is 47.2 Å². The Morgan fingerprint density at radius 2 is 2.18 bits per heavy atom. The number of carbonyl (C=O) groups is 2. The van der Waals surface area contributed by atoms with Crippen LogP contribution in [-0.2, 0) is 9.59 Å². The van der Waals surface area contributed by atoms with Gasteiger partial charge in [-0.2, -0.15) is 11.8 Å². The zero-order valence-electron chi connectivity index (χ0n) is 9.98. The second-order valence-corrected chi connectivity index (χ2v) is 5.00. The lowest BCUT2D eigenvalue weighted by Gasteiger charge is -2.15. The minimum absolute atomic E-state index is 0.129. The summed E-state index contributed by atoms with van der Waals surface area (Å²) >= 11 is 1.57. The van der Waals surface area contributed by atoms with Crippen LogP contribution >= 0.6 is 11.8 Å². The fourth-order valence-electron chi connectivity index (χ4n) is 1.18. The van der Waals surface area contributed by atoms with Gasteiger partial charge in [0.1, 0.15) is 0 Å². The van der Waals surface area contributed by atoms with Gasteiger partial charge < -0.3 is 26.1 Å². The van der Waals surface area contributed by atoms with Gasteiger partial charge in [0.05, 0.1) is 18.3 Å². The van der Waals surface area contributed by atoms with Crippen LogP contribution in [0.1, 0.15) is 19.8 Å². The third kappa shape index (κ3) is 8.00. The van der Waals surface area contributed by atoms with Crippen molar-refractivity contribution >= 4 is 23.6 Å². The standard InChI is InChI=1S/C10H20N2O4S/c1-2-7(3-4-13)17-6-8(11)10(16)12-5-9(14)15/h7-8,13H,2-6,11H2,1H3,(H,12,16)(H,14,15)/t7?,8-/m0/s1. The van der Waals surface area contributed by atoms with Crippen molar-refractivity contribution in [2.75, 3.05) is 18.9 Å². The van der Waals surface area contributed by atoms with Crippen LogP contribution < -0.4 is 16.2 Å². The monoisotopic (exact) mass is 264 g/mol. The molecule has 1 amide bonds. The Morgan fingerprint density at radius 3 is 2.65 bits per heavy atom. The molecule has 1 unspecified atom stereocenters. The van der Waals surface area contributed by atoms with Crippen LogP contribution in [0, 0.1) is 0 Å². The van der Waals surface area contributed by atoms with Crippen molar-refractivity contribution < 1.29 is 25.5 Å². The topological polar surface area (TPSA) is 117 Å². The van der Waals surface area contributed by atoms with Crippen LogP contribution in [0.4, 0.5) is 0 Å². The van der Waals surface area contributed by atoms with Crippen molar-refractivity contribution in [1.29, 1.82) is 0 Å². The molecule has 7 heteroatoms. The molecule has 0 saturated carbocycles. The van der Waals surface area contributed by atoms with Crippen molar-refractivity contribution in [2.45, 2.75) is 31.1 Å². The number of aliphatic hydroxyl groups excluding tert-OH is 1. The van der Waals surface area contributed by atoms with Gasteiger partial charge in [0.15, 0.2) is 6.04 Å². The van der Waals surface area contributed by atoms with E-state index in [4.69, 9.17) is 5.11 Å². The molecule has 0 fully saturated rings. The molecule has 0 radical (unpaired) electrons. The summed E-state index contributed by atoms with van der Waals surface area (Å²) < 4.78 is 0. The van der Waals surface area contributed by atoms with Crippen LogP contribution in [0.2, 0.25) is 0 Å². The van der Waals surface area contributed by atoms with E-state index >= 15 is 0 Å². The smallest absolute Gasteiger partial charge is 0.279 e. The van der Waals surface area contributed by atoms with Crippen molar-refractivity contribution in [3.8, 4) is 0 Å². The first-order valence-corrected chi connectivity index (χ1v) is 6.59. The van der Waals surface area contributed by atoms with Gasteiger partial charge >= 0.3 is 0 Å². The summed E-state index contributed by atoms with van der Waals surface area (Å²) in [4.78, 5) is 21.5. The lowest BCUT2D eigenvalue weighted by atomic mass is 10.2. The van der Waals surface area contributed by atoms with Gasteiger partial charge in [-0.3, -0.25) is 4.79 Å². The van der Waals surface area contributed by atoms with Crippen LogP contribution in [0.5, 0.6) is 0 Å². The molecule has 6 nitrogen and oxygen atoms in total. The predicted molar refractivity (Wildman–Crippen MR) is 62.9 cm³/mol. The summed E-state index contributed by atoms with van der Waals surface area (Å²) in [6.07, 6.45) is 1.60. The zero-order valence-corrected chi connectivity index (χ0v) is 10.8. The normalized spacial score (nSPS) is 14.1. The molecule has 0 rings (SSSR count). The van der Waals surface area contributed by atoms with Crippen molar-refractivity contribution in [2.24, 2.45) is 0 Å². The molecule has 0 aromatic carbocycles. The number of thioether (sulfide) groups is 1. The Balaban J connectivity index is 3.86. The fraction of sp³-hybridized carbons (Fsp3) is 0.800. The van der Waals surface area contributed by atoms with Crippen molar-refractivity contribution in [3.63, 3.8) is 0 Å². The molecule has 0 spiro atoms. The van der Waals surface area contributed by atoms with Crippen LogP contribution in [0.25, 0.3) is 0 Å². The number of nitrogens with one attached hydrogen (secondary N) is 1. The highest BCUT2D eigenvalue weighted by atomic mass is 32.2. The third-order valence-electron chi connectivity index (χ3n) is 2.22. The van der Waals surface area contributed by atoms with Gasteiger partial charge in [-0.05, 0) is 12.8 Å². The maximum absolute atomic E-state index is 11.4. The molecule has 0 saturated heterocycles.